The number of rotatable bonds is 3. The van der Waals surface area contributed by atoms with Crippen LogP contribution in [0.25, 0.3) is 11.0 Å². The van der Waals surface area contributed by atoms with Crippen molar-refractivity contribution in [2.24, 2.45) is 0 Å². The highest BCUT2D eigenvalue weighted by atomic mass is 16.3. The van der Waals surface area contributed by atoms with E-state index < -0.39 is 0 Å². The molecule has 3 aromatic rings. The van der Waals surface area contributed by atoms with E-state index in [0.29, 0.717) is 5.76 Å². The van der Waals surface area contributed by atoms with Crippen molar-refractivity contribution in [3.8, 4) is 0 Å². The van der Waals surface area contributed by atoms with Gasteiger partial charge in [0.05, 0.1) is 0 Å². The molecule has 0 saturated carbocycles. The highest BCUT2D eigenvalue weighted by molar-refractivity contribution is 6.04. The van der Waals surface area contributed by atoms with Gasteiger partial charge in [-0.15, -0.1) is 0 Å². The predicted molar refractivity (Wildman–Crippen MR) is 80.0 cm³/mol. The Morgan fingerprint density at radius 1 is 1.10 bits per heavy atom. The highest BCUT2D eigenvalue weighted by Gasteiger charge is 2.13. The topological polar surface area (TPSA) is 42.2 Å². The van der Waals surface area contributed by atoms with Crippen LogP contribution < -0.4 is 5.32 Å². The number of anilines is 1. The number of carbonyl (C=O) groups is 1. The molecule has 0 fully saturated rings. The summed E-state index contributed by atoms with van der Waals surface area (Å²) in [6, 6.07) is 17.1. The zero-order chi connectivity index (χ0) is 13.9. The molecule has 1 aromatic heterocycles. The molecular formula is C17H15NO2. The quantitative estimate of drug-likeness (QED) is 0.769. The van der Waals surface area contributed by atoms with Crippen LogP contribution in [-0.2, 0) is 6.42 Å². The van der Waals surface area contributed by atoms with E-state index in [4.69, 9.17) is 4.42 Å². The van der Waals surface area contributed by atoms with E-state index in [1.165, 1.54) is 0 Å². The molecule has 2 aromatic carbocycles. The number of hydrogen-bond acceptors (Lipinski definition) is 2. The maximum Gasteiger partial charge on any atom is 0.291 e. The van der Waals surface area contributed by atoms with Crippen LogP contribution >= 0.6 is 0 Å². The maximum absolute atomic E-state index is 12.2. The van der Waals surface area contributed by atoms with Crippen LogP contribution in [0.15, 0.2) is 59.0 Å². The van der Waals surface area contributed by atoms with Gasteiger partial charge in [-0.05, 0) is 30.2 Å². The summed E-state index contributed by atoms with van der Waals surface area (Å²) in [5, 5.41) is 3.84. The molecule has 20 heavy (non-hydrogen) atoms. The Labute approximate surface area is 117 Å². The molecule has 1 amide bonds. The lowest BCUT2D eigenvalue weighted by Gasteiger charge is -2.07. The fourth-order valence-corrected chi connectivity index (χ4v) is 2.23. The molecule has 0 aliphatic heterocycles. The summed E-state index contributed by atoms with van der Waals surface area (Å²) < 4.78 is 5.56. The summed E-state index contributed by atoms with van der Waals surface area (Å²) in [5.41, 5.74) is 2.67. The highest BCUT2D eigenvalue weighted by Crippen LogP contribution is 2.21. The number of aryl methyl sites for hydroxylation is 1. The van der Waals surface area contributed by atoms with Gasteiger partial charge in [-0.25, -0.2) is 0 Å². The van der Waals surface area contributed by atoms with Crippen molar-refractivity contribution in [1.82, 2.24) is 0 Å². The first-order valence-electron chi connectivity index (χ1n) is 6.66. The third kappa shape index (κ3) is 2.30. The standard InChI is InChI=1S/C17H15NO2/c1-2-12-7-3-5-9-14(12)18-17(19)16-11-13-8-4-6-10-15(13)20-16/h3-11H,2H2,1H3,(H,18,19). The van der Waals surface area contributed by atoms with Crippen LogP contribution in [0.2, 0.25) is 0 Å². The molecule has 3 nitrogen and oxygen atoms in total. The molecule has 100 valence electrons. The molecule has 0 bridgehead atoms. The van der Waals surface area contributed by atoms with E-state index in [0.717, 1.165) is 28.6 Å². The van der Waals surface area contributed by atoms with Gasteiger partial charge in [0.25, 0.3) is 5.91 Å². The number of nitrogens with one attached hydrogen (secondary N) is 1. The molecule has 0 saturated heterocycles. The minimum atomic E-state index is -0.220. The molecule has 3 rings (SSSR count). The Balaban J connectivity index is 1.89. The van der Waals surface area contributed by atoms with Crippen molar-refractivity contribution < 1.29 is 9.21 Å². The van der Waals surface area contributed by atoms with E-state index in [1.54, 1.807) is 6.07 Å². The third-order valence-electron chi connectivity index (χ3n) is 3.30. The number of carbonyl (C=O) groups excluding carboxylic acids is 1. The average molecular weight is 265 g/mol. The van der Waals surface area contributed by atoms with Gasteiger partial charge in [0.1, 0.15) is 5.58 Å². The molecule has 0 spiro atoms. The molecule has 0 radical (unpaired) electrons. The normalized spacial score (nSPS) is 10.7. The summed E-state index contributed by atoms with van der Waals surface area (Å²) >= 11 is 0. The first-order chi connectivity index (χ1) is 9.78. The lowest BCUT2D eigenvalue weighted by Crippen LogP contribution is -2.12. The van der Waals surface area contributed by atoms with Crippen LogP contribution in [0.1, 0.15) is 23.0 Å². The van der Waals surface area contributed by atoms with Gasteiger partial charge in [-0.2, -0.15) is 0 Å². The molecule has 3 heteroatoms. The Bertz CT molecular complexity index is 725. The van der Waals surface area contributed by atoms with Gasteiger partial charge in [0, 0.05) is 11.1 Å². The summed E-state index contributed by atoms with van der Waals surface area (Å²) in [4.78, 5) is 12.2. The van der Waals surface area contributed by atoms with Crippen molar-refractivity contribution in [3.63, 3.8) is 0 Å². The molecule has 0 unspecified atom stereocenters. The van der Waals surface area contributed by atoms with E-state index in [-0.39, 0.29) is 5.91 Å². The van der Waals surface area contributed by atoms with E-state index in [1.807, 2.05) is 48.5 Å². The van der Waals surface area contributed by atoms with Crippen molar-refractivity contribution >= 4 is 22.6 Å². The van der Waals surface area contributed by atoms with Crippen molar-refractivity contribution in [1.29, 1.82) is 0 Å². The summed E-state index contributed by atoms with van der Waals surface area (Å²) in [6.45, 7) is 2.06. The molecule has 0 atom stereocenters. The van der Waals surface area contributed by atoms with Crippen LogP contribution in [0.4, 0.5) is 5.69 Å². The Morgan fingerprint density at radius 3 is 2.65 bits per heavy atom. The van der Waals surface area contributed by atoms with Gasteiger partial charge < -0.3 is 9.73 Å². The van der Waals surface area contributed by atoms with Crippen LogP contribution in [0, 0.1) is 0 Å². The van der Waals surface area contributed by atoms with Gasteiger partial charge >= 0.3 is 0 Å². The second-order valence-electron chi connectivity index (χ2n) is 4.61. The zero-order valence-electron chi connectivity index (χ0n) is 11.2. The predicted octanol–water partition coefficient (Wildman–Crippen LogP) is 4.25. The Kier molecular flexibility index (Phi) is 3.25. The van der Waals surface area contributed by atoms with Gasteiger partial charge in [-0.3, -0.25) is 4.79 Å². The summed E-state index contributed by atoms with van der Waals surface area (Å²) in [6.07, 6.45) is 0.872. The molecular weight excluding hydrogens is 250 g/mol. The fraction of sp³-hybridized carbons (Fsp3) is 0.118. The Morgan fingerprint density at radius 2 is 1.85 bits per heavy atom. The minimum absolute atomic E-state index is 0.220. The number of furan rings is 1. The largest absolute Gasteiger partial charge is 0.451 e. The second kappa shape index (κ2) is 5.21. The lowest BCUT2D eigenvalue weighted by molar-refractivity contribution is 0.0998. The summed E-state index contributed by atoms with van der Waals surface area (Å²) in [5.74, 6) is 0.110. The number of hydrogen-bond donors (Lipinski definition) is 1. The SMILES string of the molecule is CCc1ccccc1NC(=O)c1cc2ccccc2o1. The molecule has 1 N–H and O–H groups in total. The first-order valence-corrected chi connectivity index (χ1v) is 6.66. The molecule has 0 aliphatic carbocycles. The van der Waals surface area contributed by atoms with Crippen molar-refractivity contribution in [3.05, 3.63) is 65.9 Å². The van der Waals surface area contributed by atoms with Gasteiger partial charge in [0.15, 0.2) is 5.76 Å². The third-order valence-corrected chi connectivity index (χ3v) is 3.30. The van der Waals surface area contributed by atoms with Crippen LogP contribution in [0.5, 0.6) is 0 Å². The number of benzene rings is 2. The smallest absolute Gasteiger partial charge is 0.291 e. The number of fused-ring (bicyclic) bond motifs is 1. The van der Waals surface area contributed by atoms with E-state index >= 15 is 0 Å². The average Bonchev–Trinajstić information content (AvgIpc) is 2.92. The Hall–Kier alpha value is -2.55. The molecule has 1 heterocycles. The van der Waals surface area contributed by atoms with Crippen LogP contribution in [-0.4, -0.2) is 5.91 Å². The van der Waals surface area contributed by atoms with Gasteiger partial charge in [-0.1, -0.05) is 43.3 Å². The van der Waals surface area contributed by atoms with Gasteiger partial charge in [0.2, 0.25) is 0 Å². The maximum atomic E-state index is 12.2. The first kappa shape index (κ1) is 12.5. The molecule has 0 aliphatic rings. The van der Waals surface area contributed by atoms with Crippen LogP contribution in [0.3, 0.4) is 0 Å². The minimum Gasteiger partial charge on any atom is -0.451 e. The second-order valence-corrected chi connectivity index (χ2v) is 4.61. The van der Waals surface area contributed by atoms with E-state index in [2.05, 4.69) is 12.2 Å². The van der Waals surface area contributed by atoms with Crippen molar-refractivity contribution in [2.45, 2.75) is 13.3 Å². The summed E-state index contributed by atoms with van der Waals surface area (Å²) in [7, 11) is 0. The fourth-order valence-electron chi connectivity index (χ4n) is 2.23. The lowest BCUT2D eigenvalue weighted by atomic mass is 10.1. The number of para-hydroxylation sites is 2. The van der Waals surface area contributed by atoms with E-state index in [9.17, 15) is 4.79 Å². The van der Waals surface area contributed by atoms with Crippen molar-refractivity contribution in [2.75, 3.05) is 5.32 Å². The monoisotopic (exact) mass is 265 g/mol. The number of amides is 1. The zero-order valence-corrected chi connectivity index (χ0v) is 11.2.